The second-order valence-corrected chi connectivity index (χ2v) is 23.3. The van der Waals surface area contributed by atoms with Crippen LogP contribution in [-0.4, -0.2) is 28.7 Å². The first kappa shape index (κ1) is 64.1. The zero-order valence-electron chi connectivity index (χ0n) is 44.0. The van der Waals surface area contributed by atoms with E-state index in [2.05, 4.69) is 135 Å². The third-order valence-electron chi connectivity index (χ3n) is 8.16. The summed E-state index contributed by atoms with van der Waals surface area (Å²) >= 11 is 0. The molecule has 3 rings (SSSR count). The molecule has 352 valence electrons. The van der Waals surface area contributed by atoms with Gasteiger partial charge in [0.05, 0.1) is 5.75 Å². The lowest BCUT2D eigenvalue weighted by atomic mass is 9.91. The van der Waals surface area contributed by atoms with E-state index in [4.69, 9.17) is 4.42 Å². The minimum Gasteiger partial charge on any atom is -0.426 e. The molecule has 0 unspecified atom stereocenters. The van der Waals surface area contributed by atoms with Gasteiger partial charge in [0.2, 0.25) is 21.8 Å². The lowest BCUT2D eigenvalue weighted by molar-refractivity contribution is 0.349. The van der Waals surface area contributed by atoms with Gasteiger partial charge in [-0.15, -0.1) is 10.2 Å². The van der Waals surface area contributed by atoms with Crippen molar-refractivity contribution in [2.75, 3.05) is 5.75 Å². The summed E-state index contributed by atoms with van der Waals surface area (Å²) in [5.41, 5.74) is 3.88. The van der Waals surface area contributed by atoms with Crippen LogP contribution in [0.5, 0.6) is 0 Å². The van der Waals surface area contributed by atoms with Crippen molar-refractivity contribution >= 4 is 10.0 Å². The molecule has 0 aliphatic carbocycles. The summed E-state index contributed by atoms with van der Waals surface area (Å²) < 4.78 is 32.7. The first-order chi connectivity index (χ1) is 27.4. The van der Waals surface area contributed by atoms with Crippen LogP contribution in [0.15, 0.2) is 65.1 Å². The van der Waals surface area contributed by atoms with Gasteiger partial charge in [0.15, 0.2) is 0 Å². The lowest BCUT2D eigenvalue weighted by Crippen LogP contribution is -2.33. The summed E-state index contributed by atoms with van der Waals surface area (Å²) in [5.74, 6) is 1.55. The largest absolute Gasteiger partial charge is 0.426 e. The van der Waals surface area contributed by atoms with Gasteiger partial charge in [-0.05, 0) is 63.9 Å². The molecule has 7 heteroatoms. The summed E-state index contributed by atoms with van der Waals surface area (Å²) in [4.78, 5) is 0. The van der Waals surface area contributed by atoms with Gasteiger partial charge in [-0.2, -0.15) is 4.31 Å². The molecule has 1 heterocycles. The molecule has 0 aliphatic heterocycles. The second-order valence-electron chi connectivity index (χ2n) is 21.3. The number of hydrogen-bond acceptors (Lipinski definition) is 5. The highest BCUT2D eigenvalue weighted by Gasteiger charge is 2.25. The predicted molar refractivity (Wildman–Crippen MR) is 268 cm³/mol. The van der Waals surface area contributed by atoms with Crippen molar-refractivity contribution in [2.45, 2.75) is 224 Å². The fourth-order valence-electron chi connectivity index (χ4n) is 5.50. The zero-order valence-corrected chi connectivity index (χ0v) is 44.8. The second kappa shape index (κ2) is 33.1. The summed E-state index contributed by atoms with van der Waals surface area (Å²) in [7, 11) is -3.32. The summed E-state index contributed by atoms with van der Waals surface area (Å²) in [5, 5.41) is 7.67. The first-order valence-electron chi connectivity index (χ1n) is 23.3. The smallest absolute Gasteiger partial charge is 0.217 e. The van der Waals surface area contributed by atoms with Crippen LogP contribution in [0.25, 0.3) is 0 Å². The molecular weight excluding hydrogens is 759 g/mol. The van der Waals surface area contributed by atoms with Gasteiger partial charge in [0, 0.05) is 26.4 Å². The Kier molecular flexibility index (Phi) is 35.4. The average molecular weight is 860 g/mol. The van der Waals surface area contributed by atoms with Gasteiger partial charge in [-0.25, -0.2) is 8.42 Å². The van der Waals surface area contributed by atoms with Crippen molar-refractivity contribution in [1.82, 2.24) is 14.5 Å². The molecule has 0 aliphatic rings. The molecule has 0 atom stereocenters. The number of sulfonamides is 1. The predicted octanol–water partition coefficient (Wildman–Crippen LogP) is 17.0. The Balaban J connectivity index is -0.000000362. The fraction of sp³-hybridized carbons (Fsp3) is 0.736. The van der Waals surface area contributed by atoms with E-state index in [9.17, 15) is 8.42 Å². The molecule has 60 heavy (non-hydrogen) atoms. The highest BCUT2D eigenvalue weighted by molar-refractivity contribution is 7.89. The number of benzene rings is 2. The van der Waals surface area contributed by atoms with E-state index in [1.807, 2.05) is 88.4 Å². The quantitative estimate of drug-likeness (QED) is 0.192. The number of aryl methyl sites for hydroxylation is 1. The first-order valence-corrected chi connectivity index (χ1v) is 24.9. The van der Waals surface area contributed by atoms with E-state index in [0.29, 0.717) is 41.6 Å². The van der Waals surface area contributed by atoms with Gasteiger partial charge in [-0.3, -0.25) is 0 Å². The highest BCUT2D eigenvalue weighted by atomic mass is 32.2. The Hall–Kier alpha value is -2.51. The highest BCUT2D eigenvalue weighted by Crippen LogP contribution is 2.24. The third kappa shape index (κ3) is 45.0. The Bertz CT molecular complexity index is 1400. The van der Waals surface area contributed by atoms with Crippen LogP contribution in [0, 0.1) is 34.0 Å². The number of aromatic nitrogens is 2. The molecule has 0 bridgehead atoms. The fourth-order valence-corrected chi connectivity index (χ4v) is 7.32. The monoisotopic (exact) mass is 860 g/mol. The van der Waals surface area contributed by atoms with E-state index in [-0.39, 0.29) is 16.6 Å². The Morgan fingerprint density at radius 2 is 0.817 bits per heavy atom. The van der Waals surface area contributed by atoms with Crippen LogP contribution in [0.2, 0.25) is 0 Å². The normalized spacial score (nSPS) is 11.6. The number of hydrogen-bond donors (Lipinski definition) is 0. The van der Waals surface area contributed by atoms with Gasteiger partial charge >= 0.3 is 0 Å². The Labute approximate surface area is 376 Å². The minimum atomic E-state index is -3.32. The van der Waals surface area contributed by atoms with Crippen molar-refractivity contribution in [2.24, 2.45) is 27.1 Å². The van der Waals surface area contributed by atoms with E-state index in [1.165, 1.54) is 38.5 Å². The van der Waals surface area contributed by atoms with E-state index in [1.54, 1.807) is 11.2 Å². The van der Waals surface area contributed by atoms with Crippen molar-refractivity contribution in [3.05, 3.63) is 83.6 Å². The topological polar surface area (TPSA) is 76.3 Å². The van der Waals surface area contributed by atoms with Gasteiger partial charge in [0.1, 0.15) is 0 Å². The average Bonchev–Trinajstić information content (AvgIpc) is 3.52. The van der Waals surface area contributed by atoms with E-state index in [0.717, 1.165) is 23.4 Å². The van der Waals surface area contributed by atoms with Crippen LogP contribution in [-0.2, 0) is 29.5 Å². The zero-order chi connectivity index (χ0) is 47.9. The molecular formula is C53H101N3O3S. The molecule has 0 radical (unpaired) electrons. The molecule has 0 fully saturated rings. The molecule has 0 saturated carbocycles. The molecule has 3 aromatic rings. The van der Waals surface area contributed by atoms with Crippen LogP contribution < -0.4 is 0 Å². The molecule has 1 aromatic heterocycles. The van der Waals surface area contributed by atoms with Crippen LogP contribution in [0.3, 0.4) is 0 Å². The van der Waals surface area contributed by atoms with E-state index >= 15 is 0 Å². The Morgan fingerprint density at radius 3 is 1.03 bits per heavy atom. The van der Waals surface area contributed by atoms with Crippen molar-refractivity contribution in [3.63, 3.8) is 0 Å². The maximum absolute atomic E-state index is 12.9. The minimum absolute atomic E-state index is 0.00175. The third-order valence-corrected chi connectivity index (χ3v) is 9.92. The summed E-state index contributed by atoms with van der Waals surface area (Å²) in [6.07, 6.45) is 9.44. The van der Waals surface area contributed by atoms with Crippen molar-refractivity contribution < 1.29 is 12.8 Å². The maximum Gasteiger partial charge on any atom is 0.217 e. The molecule has 0 amide bonds. The number of nitrogens with zero attached hydrogens (tertiary/aromatic N) is 3. The van der Waals surface area contributed by atoms with Crippen molar-refractivity contribution in [1.29, 1.82) is 0 Å². The lowest BCUT2D eigenvalue weighted by Gasteiger charge is -2.25. The van der Waals surface area contributed by atoms with Crippen LogP contribution >= 0.6 is 0 Å². The van der Waals surface area contributed by atoms with Crippen molar-refractivity contribution in [3.8, 4) is 0 Å². The van der Waals surface area contributed by atoms with Gasteiger partial charge in [0.25, 0.3) is 0 Å². The molecule has 0 N–H and O–H groups in total. The van der Waals surface area contributed by atoms with E-state index < -0.39 is 10.0 Å². The molecule has 2 aromatic carbocycles. The van der Waals surface area contributed by atoms with Crippen LogP contribution in [0.1, 0.15) is 220 Å². The molecule has 0 saturated heterocycles. The van der Waals surface area contributed by atoms with Gasteiger partial charge in [-0.1, -0.05) is 232 Å². The SMILES string of the molecule is CC.CC.CC(C)(C)CCS(=O)(=O)N(Cc1ccccc1)Cc1ccccc1.CCCC(C)(C)C.CCCC(C)(C)C.CCCC(C)(C)C.Cc1nnc(CC(C)(C)C)o1. The standard InChI is InChI=1S/C20H27NO2S.C8H14N2O.3C7H16.2C2H6/c1-20(2,3)14-15-24(22,23)21(16-18-10-6-4-7-11-18)17-19-12-8-5-9-13-19;1-6-9-10-7(11-6)5-8(2,3)4;3*1-5-6-7(2,3)4;2*1-2/h4-13H,14-17H2,1-3H3;5H2,1-4H3;3*5-6H2,1-4H3;2*1-2H3. The summed E-state index contributed by atoms with van der Waals surface area (Å²) in [6, 6.07) is 19.5. The Morgan fingerprint density at radius 1 is 0.500 bits per heavy atom. The molecule has 0 spiro atoms. The molecule has 6 nitrogen and oxygen atoms in total. The van der Waals surface area contributed by atoms with Gasteiger partial charge < -0.3 is 4.42 Å². The maximum atomic E-state index is 12.9. The number of rotatable bonds is 11. The summed E-state index contributed by atoms with van der Waals surface area (Å²) in [6.45, 7) is 50.4. The van der Waals surface area contributed by atoms with Crippen LogP contribution in [0.4, 0.5) is 0 Å².